The molecule has 0 heterocycles. The lowest BCUT2D eigenvalue weighted by Gasteiger charge is -2.08. The first-order valence-electron chi connectivity index (χ1n) is 5.96. The van der Waals surface area contributed by atoms with Gasteiger partial charge in [-0.15, -0.1) is 0 Å². The van der Waals surface area contributed by atoms with Crippen LogP contribution in [0.1, 0.15) is 5.56 Å². The second-order valence-corrected chi connectivity index (χ2v) is 3.64. The number of hydrogen-bond acceptors (Lipinski definition) is 5. The fourth-order valence-electron chi connectivity index (χ4n) is 1.32. The maximum atomic E-state index is 10.9. The van der Waals surface area contributed by atoms with Crippen molar-refractivity contribution in [2.75, 3.05) is 26.4 Å². The standard InChI is InChI=1S/C14H18O5/c1-2-14(16)19-11-12-4-3-5-13(10-12)18-9-8-17-7-6-15/h2-5,10,15H,1,6-9,11H2. The van der Waals surface area contributed by atoms with E-state index in [-0.39, 0.29) is 13.2 Å². The number of rotatable bonds is 9. The van der Waals surface area contributed by atoms with Crippen molar-refractivity contribution in [2.45, 2.75) is 6.61 Å². The van der Waals surface area contributed by atoms with E-state index in [0.717, 1.165) is 11.6 Å². The van der Waals surface area contributed by atoms with E-state index in [2.05, 4.69) is 6.58 Å². The molecule has 0 spiro atoms. The molecular weight excluding hydrogens is 248 g/mol. The van der Waals surface area contributed by atoms with E-state index in [1.807, 2.05) is 18.2 Å². The largest absolute Gasteiger partial charge is 0.491 e. The summed E-state index contributed by atoms with van der Waals surface area (Å²) in [5, 5.41) is 8.53. The summed E-state index contributed by atoms with van der Waals surface area (Å²) in [4.78, 5) is 10.9. The lowest BCUT2D eigenvalue weighted by atomic mass is 10.2. The smallest absolute Gasteiger partial charge is 0.330 e. The van der Waals surface area contributed by atoms with E-state index in [0.29, 0.717) is 25.6 Å². The van der Waals surface area contributed by atoms with Gasteiger partial charge in [0.2, 0.25) is 0 Å². The molecule has 0 aliphatic rings. The van der Waals surface area contributed by atoms with Gasteiger partial charge in [0.1, 0.15) is 19.0 Å². The Morgan fingerprint density at radius 3 is 2.89 bits per heavy atom. The Balaban J connectivity index is 2.34. The van der Waals surface area contributed by atoms with Crippen LogP contribution in [0.4, 0.5) is 0 Å². The Labute approximate surface area is 112 Å². The summed E-state index contributed by atoms with van der Waals surface area (Å²) < 4.78 is 15.5. The van der Waals surface area contributed by atoms with Crippen LogP contribution in [0.25, 0.3) is 0 Å². The zero-order valence-corrected chi connectivity index (χ0v) is 10.7. The topological polar surface area (TPSA) is 65.0 Å². The Morgan fingerprint density at radius 2 is 2.16 bits per heavy atom. The molecule has 0 saturated heterocycles. The minimum Gasteiger partial charge on any atom is -0.491 e. The van der Waals surface area contributed by atoms with Gasteiger partial charge >= 0.3 is 5.97 Å². The van der Waals surface area contributed by atoms with Gasteiger partial charge in [-0.3, -0.25) is 0 Å². The highest BCUT2D eigenvalue weighted by Crippen LogP contribution is 2.14. The van der Waals surface area contributed by atoms with Gasteiger partial charge < -0.3 is 19.3 Å². The Hall–Kier alpha value is -1.85. The third-order valence-corrected chi connectivity index (χ3v) is 2.18. The molecule has 0 atom stereocenters. The quantitative estimate of drug-likeness (QED) is 0.414. The molecule has 0 amide bonds. The number of ether oxygens (including phenoxy) is 3. The van der Waals surface area contributed by atoms with Crippen LogP contribution in [0, 0.1) is 0 Å². The molecule has 0 aromatic heterocycles. The number of hydrogen-bond donors (Lipinski definition) is 1. The van der Waals surface area contributed by atoms with Gasteiger partial charge in [0, 0.05) is 6.08 Å². The molecule has 1 rings (SSSR count). The summed E-state index contributed by atoms with van der Waals surface area (Å²) in [6.45, 7) is 4.63. The Bertz CT molecular complexity index is 403. The van der Waals surface area contributed by atoms with Crippen LogP contribution in [0.5, 0.6) is 5.75 Å². The summed E-state index contributed by atoms with van der Waals surface area (Å²) in [6.07, 6.45) is 1.12. The first kappa shape index (κ1) is 15.2. The number of benzene rings is 1. The molecule has 1 aromatic carbocycles. The Morgan fingerprint density at radius 1 is 1.32 bits per heavy atom. The molecular formula is C14H18O5. The van der Waals surface area contributed by atoms with Crippen molar-refractivity contribution < 1.29 is 24.1 Å². The molecule has 0 radical (unpaired) electrons. The van der Waals surface area contributed by atoms with E-state index in [1.165, 1.54) is 0 Å². The van der Waals surface area contributed by atoms with E-state index in [4.69, 9.17) is 19.3 Å². The highest BCUT2D eigenvalue weighted by molar-refractivity contribution is 5.81. The fraction of sp³-hybridized carbons (Fsp3) is 0.357. The van der Waals surface area contributed by atoms with Crippen LogP contribution in [0.3, 0.4) is 0 Å². The van der Waals surface area contributed by atoms with Gasteiger partial charge in [-0.25, -0.2) is 4.79 Å². The van der Waals surface area contributed by atoms with Crippen LogP contribution in [0.15, 0.2) is 36.9 Å². The molecule has 0 unspecified atom stereocenters. The predicted molar refractivity (Wildman–Crippen MR) is 69.8 cm³/mol. The van der Waals surface area contributed by atoms with E-state index in [9.17, 15) is 4.79 Å². The lowest BCUT2D eigenvalue weighted by Crippen LogP contribution is -2.09. The molecule has 0 fully saturated rings. The lowest BCUT2D eigenvalue weighted by molar-refractivity contribution is -0.138. The molecule has 5 nitrogen and oxygen atoms in total. The van der Waals surface area contributed by atoms with Crippen molar-refractivity contribution in [1.82, 2.24) is 0 Å². The number of aliphatic hydroxyl groups excluding tert-OH is 1. The van der Waals surface area contributed by atoms with Gasteiger partial charge in [-0.1, -0.05) is 18.7 Å². The summed E-state index contributed by atoms with van der Waals surface area (Å²) >= 11 is 0. The van der Waals surface area contributed by atoms with Crippen molar-refractivity contribution in [3.8, 4) is 5.75 Å². The zero-order chi connectivity index (χ0) is 13.9. The fourth-order valence-corrected chi connectivity index (χ4v) is 1.32. The molecule has 0 bridgehead atoms. The number of esters is 1. The molecule has 1 N–H and O–H groups in total. The third-order valence-electron chi connectivity index (χ3n) is 2.18. The molecule has 5 heteroatoms. The average Bonchev–Trinajstić information content (AvgIpc) is 2.45. The van der Waals surface area contributed by atoms with Crippen molar-refractivity contribution in [3.05, 3.63) is 42.5 Å². The van der Waals surface area contributed by atoms with Crippen LogP contribution in [-0.4, -0.2) is 37.5 Å². The summed E-state index contributed by atoms with van der Waals surface area (Å²) in [5.41, 5.74) is 0.837. The average molecular weight is 266 g/mol. The highest BCUT2D eigenvalue weighted by Gasteiger charge is 2.00. The van der Waals surface area contributed by atoms with E-state index < -0.39 is 5.97 Å². The summed E-state index contributed by atoms with van der Waals surface area (Å²) in [5.74, 6) is 0.225. The van der Waals surface area contributed by atoms with Crippen LogP contribution in [-0.2, 0) is 20.9 Å². The minimum atomic E-state index is -0.455. The Kier molecular flexibility index (Phi) is 7.31. The minimum absolute atomic E-state index is 0.00412. The maximum absolute atomic E-state index is 10.9. The van der Waals surface area contributed by atoms with Gasteiger partial charge in [0.25, 0.3) is 0 Å². The first-order chi connectivity index (χ1) is 9.26. The van der Waals surface area contributed by atoms with E-state index in [1.54, 1.807) is 6.07 Å². The van der Waals surface area contributed by atoms with Crippen molar-refractivity contribution in [2.24, 2.45) is 0 Å². The van der Waals surface area contributed by atoms with Crippen LogP contribution in [0.2, 0.25) is 0 Å². The predicted octanol–water partition coefficient (Wildman–Crippen LogP) is 1.30. The number of aliphatic hydroxyl groups is 1. The van der Waals surface area contributed by atoms with Gasteiger partial charge in [0.15, 0.2) is 0 Å². The van der Waals surface area contributed by atoms with Crippen LogP contribution < -0.4 is 4.74 Å². The molecule has 1 aromatic rings. The number of carbonyl (C=O) groups is 1. The number of carbonyl (C=O) groups excluding carboxylic acids is 1. The second kappa shape index (κ2) is 9.13. The summed E-state index contributed by atoms with van der Waals surface area (Å²) in [7, 11) is 0. The second-order valence-electron chi connectivity index (χ2n) is 3.64. The van der Waals surface area contributed by atoms with E-state index >= 15 is 0 Å². The molecule has 0 aliphatic carbocycles. The van der Waals surface area contributed by atoms with Crippen LogP contribution >= 0.6 is 0 Å². The molecule has 104 valence electrons. The van der Waals surface area contributed by atoms with Gasteiger partial charge in [-0.05, 0) is 17.7 Å². The third kappa shape index (κ3) is 6.59. The summed E-state index contributed by atoms with van der Waals surface area (Å²) in [6, 6.07) is 7.26. The van der Waals surface area contributed by atoms with Gasteiger partial charge in [0.05, 0.1) is 19.8 Å². The molecule has 0 aliphatic heterocycles. The van der Waals surface area contributed by atoms with Gasteiger partial charge in [-0.2, -0.15) is 0 Å². The molecule has 19 heavy (non-hydrogen) atoms. The monoisotopic (exact) mass is 266 g/mol. The van der Waals surface area contributed by atoms with Crippen molar-refractivity contribution in [3.63, 3.8) is 0 Å². The van der Waals surface area contributed by atoms with Crippen molar-refractivity contribution in [1.29, 1.82) is 0 Å². The highest BCUT2D eigenvalue weighted by atomic mass is 16.5. The normalized spacial score (nSPS) is 9.95. The van der Waals surface area contributed by atoms with Crippen molar-refractivity contribution >= 4 is 5.97 Å². The zero-order valence-electron chi connectivity index (χ0n) is 10.7. The SMILES string of the molecule is C=CC(=O)OCc1cccc(OCCOCCO)c1. The molecule has 0 saturated carbocycles. The first-order valence-corrected chi connectivity index (χ1v) is 5.96. The maximum Gasteiger partial charge on any atom is 0.330 e.